The highest BCUT2D eigenvalue weighted by Crippen LogP contribution is 2.80. The molecule has 0 aromatic heterocycles. The summed E-state index contributed by atoms with van der Waals surface area (Å²) in [4.78, 5) is 42.9. The van der Waals surface area contributed by atoms with Crippen LogP contribution in [0.15, 0.2) is 40.9 Å². The smallest absolute Gasteiger partial charge is 0.229 e. The third kappa shape index (κ3) is 3.43. The Morgan fingerprint density at radius 2 is 1.57 bits per heavy atom. The lowest BCUT2D eigenvalue weighted by Gasteiger charge is -2.48. The Labute approximate surface area is 215 Å². The number of carbonyl (C=O) groups excluding carboxylic acids is 3. The molecule has 3 amide bonds. The van der Waals surface area contributed by atoms with Crippen molar-refractivity contribution in [2.24, 2.45) is 34.1 Å². The van der Waals surface area contributed by atoms with Crippen molar-refractivity contribution in [3.8, 4) is 0 Å². The van der Waals surface area contributed by atoms with E-state index in [0.29, 0.717) is 6.42 Å². The number of nitrogens with two attached hydrogens (primary N) is 2. The predicted octanol–water partition coefficient (Wildman–Crippen LogP) is 2.57. The van der Waals surface area contributed by atoms with Crippen LogP contribution in [0.4, 0.5) is 0 Å². The Balaban J connectivity index is 1.42. The van der Waals surface area contributed by atoms with Gasteiger partial charge in [-0.2, -0.15) is 0 Å². The Morgan fingerprint density at radius 1 is 0.943 bits per heavy atom. The van der Waals surface area contributed by atoms with E-state index in [0.717, 1.165) is 68.4 Å². The summed E-state index contributed by atoms with van der Waals surface area (Å²) in [6, 6.07) is 7.71. The molecule has 1 aromatic carbocycles. The van der Waals surface area contributed by atoms with Crippen LogP contribution < -0.4 is 11.5 Å². The van der Waals surface area contributed by atoms with Crippen LogP contribution in [-0.4, -0.2) is 60.2 Å². The fourth-order valence-electron chi connectivity index (χ4n) is 7.83. The predicted molar refractivity (Wildman–Crippen MR) is 137 cm³/mol. The summed E-state index contributed by atoms with van der Waals surface area (Å²) < 4.78 is 0.912. The molecule has 0 radical (unpaired) electrons. The van der Waals surface area contributed by atoms with Gasteiger partial charge in [-0.1, -0.05) is 46.6 Å². The van der Waals surface area contributed by atoms with Crippen LogP contribution in [0.2, 0.25) is 0 Å². The number of unbranched alkanes of at least 4 members (excludes halogenated alkanes) is 1. The summed E-state index contributed by atoms with van der Waals surface area (Å²) in [7, 11) is 0. The first-order chi connectivity index (χ1) is 16.7. The van der Waals surface area contributed by atoms with Gasteiger partial charge in [-0.15, -0.1) is 0 Å². The first-order valence-electron chi connectivity index (χ1n) is 12.7. The molecule has 4 atom stereocenters. The topological polar surface area (TPSA) is 110 Å². The lowest BCUT2D eigenvalue weighted by atomic mass is 9.52. The van der Waals surface area contributed by atoms with E-state index in [1.165, 1.54) is 0 Å². The number of hydrogen-bond acceptors (Lipinski definition) is 4. The van der Waals surface area contributed by atoms with Gasteiger partial charge in [-0.3, -0.25) is 19.3 Å². The van der Waals surface area contributed by atoms with E-state index in [2.05, 4.69) is 33.0 Å². The van der Waals surface area contributed by atoms with Gasteiger partial charge < -0.3 is 16.4 Å². The molecular formula is C27H35BrN4O3. The van der Waals surface area contributed by atoms with E-state index in [9.17, 15) is 14.4 Å². The van der Waals surface area contributed by atoms with Gasteiger partial charge in [0.1, 0.15) is 0 Å². The van der Waals surface area contributed by atoms with Gasteiger partial charge in [0.2, 0.25) is 17.7 Å². The van der Waals surface area contributed by atoms with E-state index in [1.807, 2.05) is 29.2 Å². The van der Waals surface area contributed by atoms with E-state index in [4.69, 9.17) is 11.5 Å². The number of hydrogen-bond donors (Lipinski definition) is 2. The number of nitrogens with zero attached hydrogens (tertiary/aromatic N) is 2. The van der Waals surface area contributed by atoms with Crippen molar-refractivity contribution in [2.75, 3.05) is 32.7 Å². The minimum absolute atomic E-state index is 0.0623. The first-order valence-corrected chi connectivity index (χ1v) is 13.5. The first kappa shape index (κ1) is 24.5. The van der Waals surface area contributed by atoms with E-state index < -0.39 is 22.6 Å². The molecule has 7 nitrogen and oxygen atoms in total. The molecule has 5 rings (SSSR count). The van der Waals surface area contributed by atoms with E-state index in [1.54, 1.807) is 6.92 Å². The second kappa shape index (κ2) is 8.73. The molecule has 1 saturated heterocycles. The highest BCUT2D eigenvalue weighted by atomic mass is 79.9. The molecule has 3 fully saturated rings. The van der Waals surface area contributed by atoms with E-state index >= 15 is 0 Å². The van der Waals surface area contributed by atoms with Gasteiger partial charge in [-0.25, -0.2) is 0 Å². The maximum Gasteiger partial charge on any atom is 0.229 e. The largest absolute Gasteiger partial charge is 0.369 e. The average Bonchev–Trinajstić information content (AvgIpc) is 3.50. The number of piperazine rings is 1. The zero-order valence-electron chi connectivity index (χ0n) is 20.3. The normalized spacial score (nSPS) is 32.8. The minimum Gasteiger partial charge on any atom is -0.369 e. The third-order valence-electron chi connectivity index (χ3n) is 9.50. The summed E-state index contributed by atoms with van der Waals surface area (Å²) in [6.45, 7) is 5.75. The van der Waals surface area contributed by atoms with Crippen molar-refractivity contribution in [2.45, 2.75) is 44.4 Å². The molecule has 188 valence electrons. The number of allylic oxidation sites excluding steroid dienone is 2. The molecular weight excluding hydrogens is 508 g/mol. The molecule has 3 aliphatic carbocycles. The van der Waals surface area contributed by atoms with Crippen LogP contribution in [0, 0.1) is 22.7 Å². The van der Waals surface area contributed by atoms with Crippen molar-refractivity contribution in [1.29, 1.82) is 0 Å². The second-order valence-electron chi connectivity index (χ2n) is 10.9. The van der Waals surface area contributed by atoms with Crippen LogP contribution in [-0.2, 0) is 19.8 Å². The molecule has 4 aliphatic rings. The molecule has 4 N–H and O–H groups in total. The van der Waals surface area contributed by atoms with Crippen LogP contribution in [0.25, 0.3) is 0 Å². The Hall–Kier alpha value is -2.19. The number of benzene rings is 1. The quantitative estimate of drug-likeness (QED) is 0.388. The van der Waals surface area contributed by atoms with Crippen molar-refractivity contribution >= 4 is 33.7 Å². The van der Waals surface area contributed by atoms with Gasteiger partial charge in [0.05, 0.1) is 10.8 Å². The molecule has 2 saturated carbocycles. The van der Waals surface area contributed by atoms with E-state index in [-0.39, 0.29) is 23.2 Å². The summed E-state index contributed by atoms with van der Waals surface area (Å²) in [6.07, 6.45) is 8.52. The zero-order chi connectivity index (χ0) is 25.0. The highest BCUT2D eigenvalue weighted by Gasteiger charge is 2.82. The fourth-order valence-corrected chi connectivity index (χ4v) is 8.10. The van der Waals surface area contributed by atoms with Crippen LogP contribution in [0.5, 0.6) is 0 Å². The van der Waals surface area contributed by atoms with Crippen LogP contribution in [0.1, 0.15) is 44.6 Å². The molecule has 2 bridgehead atoms. The van der Waals surface area contributed by atoms with Gasteiger partial charge in [0.15, 0.2) is 0 Å². The van der Waals surface area contributed by atoms with Crippen molar-refractivity contribution in [1.82, 2.24) is 9.80 Å². The molecule has 1 aliphatic heterocycles. The molecule has 0 unspecified atom stereocenters. The number of carbonyl (C=O) groups is 3. The zero-order valence-corrected chi connectivity index (χ0v) is 21.9. The molecule has 1 spiro atoms. The number of rotatable bonds is 8. The minimum atomic E-state index is -1.14. The Bertz CT molecular complexity index is 1060. The van der Waals surface area contributed by atoms with Gasteiger partial charge in [-0.05, 0) is 61.3 Å². The average molecular weight is 544 g/mol. The standard InChI is InChI=1S/C27H35BrN4O3/c1-18(33)32-16-14-31(15-17-32)13-3-2-10-26(23(29)34)21-8-9-22(25(21)11-12-25)27(26,24(30)35)19-4-6-20(28)7-5-19/h4-9,21-22H,2-3,10-17H2,1H3,(H2,29,34)(H2,30,35)/t21-,22+,26+,27-/m1/s1. The third-order valence-corrected chi connectivity index (χ3v) is 10.0. The number of amides is 3. The van der Waals surface area contributed by atoms with Crippen molar-refractivity contribution < 1.29 is 14.4 Å². The number of halogens is 1. The maximum absolute atomic E-state index is 13.5. The van der Waals surface area contributed by atoms with Crippen molar-refractivity contribution in [3.63, 3.8) is 0 Å². The fraction of sp³-hybridized carbons (Fsp3) is 0.593. The SMILES string of the molecule is CC(=O)N1CCN(CCCC[C@@]2(C(N)=O)[C@@H]3C=C[C@@H](C34CC4)[C@@]2(C(N)=O)c2ccc(Br)cc2)CC1. The maximum atomic E-state index is 13.5. The molecule has 1 heterocycles. The molecule has 8 heteroatoms. The Kier molecular flexibility index (Phi) is 6.11. The Morgan fingerprint density at radius 3 is 2.11 bits per heavy atom. The monoisotopic (exact) mass is 542 g/mol. The molecule has 1 aromatic rings. The van der Waals surface area contributed by atoms with Crippen LogP contribution in [0.3, 0.4) is 0 Å². The van der Waals surface area contributed by atoms with Gasteiger partial charge in [0, 0.05) is 43.5 Å². The highest BCUT2D eigenvalue weighted by molar-refractivity contribution is 9.10. The number of primary amides is 2. The summed E-state index contributed by atoms with van der Waals surface area (Å²) in [5.74, 6) is -0.889. The van der Waals surface area contributed by atoms with Gasteiger partial charge in [0.25, 0.3) is 0 Å². The second-order valence-corrected chi connectivity index (χ2v) is 11.8. The summed E-state index contributed by atoms with van der Waals surface area (Å²) >= 11 is 3.49. The lowest BCUT2D eigenvalue weighted by Crippen LogP contribution is -2.62. The molecule has 35 heavy (non-hydrogen) atoms. The van der Waals surface area contributed by atoms with Crippen LogP contribution >= 0.6 is 15.9 Å². The summed E-state index contributed by atoms with van der Waals surface area (Å²) in [5, 5.41) is 0. The summed E-state index contributed by atoms with van der Waals surface area (Å²) in [5.41, 5.74) is 11.1. The van der Waals surface area contributed by atoms with Gasteiger partial charge >= 0.3 is 0 Å². The lowest BCUT2D eigenvalue weighted by molar-refractivity contribution is -0.143. The van der Waals surface area contributed by atoms with Crippen molar-refractivity contribution in [3.05, 3.63) is 46.5 Å².